The lowest BCUT2D eigenvalue weighted by Gasteiger charge is -2.38. The van der Waals surface area contributed by atoms with Gasteiger partial charge in [0, 0.05) is 29.1 Å². The maximum atomic E-state index is 4.60. The summed E-state index contributed by atoms with van der Waals surface area (Å²) in [6.07, 6.45) is 5.27. The predicted molar refractivity (Wildman–Crippen MR) is 78.5 cm³/mol. The quantitative estimate of drug-likeness (QED) is 0.719. The van der Waals surface area contributed by atoms with Gasteiger partial charge in [-0.2, -0.15) is 15.0 Å². The minimum absolute atomic E-state index is 0.314. The first-order valence-corrected chi connectivity index (χ1v) is 7.12. The summed E-state index contributed by atoms with van der Waals surface area (Å²) in [5.74, 6) is 0.767. The van der Waals surface area contributed by atoms with Crippen LogP contribution in [0, 0.1) is 0 Å². The van der Waals surface area contributed by atoms with Crippen LogP contribution in [0.25, 0.3) is 10.9 Å². The van der Waals surface area contributed by atoms with E-state index in [4.69, 9.17) is 0 Å². The van der Waals surface area contributed by atoms with Gasteiger partial charge >= 0.3 is 0 Å². The van der Waals surface area contributed by atoms with E-state index in [0.29, 0.717) is 6.04 Å². The smallest absolute Gasteiger partial charge is 0.226 e. The molecule has 0 N–H and O–H groups in total. The third-order valence-corrected chi connectivity index (χ3v) is 3.93. The SMILES string of the molecule is Brc1ccc2nc(N3CC(n4nccn4)C3)ncc2c1. The zero-order chi connectivity index (χ0) is 13.5. The van der Waals surface area contributed by atoms with Crippen LogP contribution in [0.4, 0.5) is 5.95 Å². The summed E-state index contributed by atoms with van der Waals surface area (Å²) in [5, 5.41) is 9.35. The second-order valence-electron chi connectivity index (χ2n) is 4.78. The number of benzene rings is 1. The van der Waals surface area contributed by atoms with Crippen molar-refractivity contribution in [2.45, 2.75) is 6.04 Å². The van der Waals surface area contributed by atoms with Crippen LogP contribution in [0.1, 0.15) is 6.04 Å². The standard InChI is InChI=1S/C13H11BrN6/c14-10-1-2-12-9(5-10)6-15-13(18-12)19-7-11(8-19)20-16-3-4-17-20/h1-6,11H,7-8H2. The third-order valence-electron chi connectivity index (χ3n) is 3.44. The first kappa shape index (κ1) is 11.8. The first-order chi connectivity index (χ1) is 9.79. The number of nitrogens with zero attached hydrogens (tertiary/aromatic N) is 6. The van der Waals surface area contributed by atoms with Crippen LogP contribution in [-0.4, -0.2) is 38.1 Å². The molecule has 0 radical (unpaired) electrons. The Bertz CT molecular complexity index is 751. The van der Waals surface area contributed by atoms with Gasteiger partial charge in [0.15, 0.2) is 0 Å². The fourth-order valence-corrected chi connectivity index (χ4v) is 2.70. The third kappa shape index (κ3) is 1.94. The molecular formula is C13H11BrN6. The van der Waals surface area contributed by atoms with Gasteiger partial charge in [0.2, 0.25) is 5.95 Å². The van der Waals surface area contributed by atoms with Crippen molar-refractivity contribution in [2.24, 2.45) is 0 Å². The van der Waals surface area contributed by atoms with E-state index in [-0.39, 0.29) is 0 Å². The minimum Gasteiger partial charge on any atom is -0.336 e. The summed E-state index contributed by atoms with van der Waals surface area (Å²) >= 11 is 3.45. The fraction of sp³-hybridized carbons (Fsp3) is 0.231. The molecule has 1 aromatic carbocycles. The second-order valence-corrected chi connectivity index (χ2v) is 5.70. The number of aromatic nitrogens is 5. The van der Waals surface area contributed by atoms with Crippen LogP contribution in [-0.2, 0) is 0 Å². The summed E-state index contributed by atoms with van der Waals surface area (Å²) in [5.41, 5.74) is 0.957. The van der Waals surface area contributed by atoms with Gasteiger partial charge in [0.05, 0.1) is 17.9 Å². The Hall–Kier alpha value is -2.02. The number of hydrogen-bond acceptors (Lipinski definition) is 5. The maximum Gasteiger partial charge on any atom is 0.226 e. The van der Waals surface area contributed by atoms with Crippen molar-refractivity contribution >= 4 is 32.8 Å². The van der Waals surface area contributed by atoms with Gasteiger partial charge in [-0.1, -0.05) is 15.9 Å². The van der Waals surface area contributed by atoms with Crippen molar-refractivity contribution in [3.05, 3.63) is 41.3 Å². The zero-order valence-electron chi connectivity index (χ0n) is 10.5. The van der Waals surface area contributed by atoms with Crippen LogP contribution in [0.3, 0.4) is 0 Å². The number of rotatable bonds is 2. The first-order valence-electron chi connectivity index (χ1n) is 6.33. The Morgan fingerprint density at radius 1 is 1.15 bits per heavy atom. The molecule has 100 valence electrons. The molecule has 1 saturated heterocycles. The summed E-state index contributed by atoms with van der Waals surface area (Å²) in [6, 6.07) is 6.32. The van der Waals surface area contributed by atoms with Gasteiger partial charge in [-0.15, -0.1) is 0 Å². The van der Waals surface area contributed by atoms with E-state index >= 15 is 0 Å². The molecule has 1 aliphatic rings. The van der Waals surface area contributed by atoms with Crippen molar-refractivity contribution < 1.29 is 0 Å². The molecule has 0 unspecified atom stereocenters. The molecule has 6 nitrogen and oxygen atoms in total. The van der Waals surface area contributed by atoms with E-state index in [1.54, 1.807) is 17.2 Å². The highest BCUT2D eigenvalue weighted by atomic mass is 79.9. The number of hydrogen-bond donors (Lipinski definition) is 0. The summed E-state index contributed by atoms with van der Waals surface area (Å²) in [7, 11) is 0. The Kier molecular flexibility index (Phi) is 2.66. The summed E-state index contributed by atoms with van der Waals surface area (Å²) in [6.45, 7) is 1.69. The van der Waals surface area contributed by atoms with Crippen molar-refractivity contribution in [3.63, 3.8) is 0 Å². The lowest BCUT2D eigenvalue weighted by Crippen LogP contribution is -2.49. The molecule has 0 bridgehead atoms. The molecule has 4 rings (SSSR count). The van der Waals surface area contributed by atoms with E-state index in [2.05, 4.69) is 41.0 Å². The lowest BCUT2D eigenvalue weighted by molar-refractivity contribution is 0.329. The van der Waals surface area contributed by atoms with Crippen LogP contribution in [0.5, 0.6) is 0 Å². The maximum absolute atomic E-state index is 4.60. The predicted octanol–water partition coefficient (Wildman–Crippen LogP) is 2.05. The Balaban J connectivity index is 1.57. The van der Waals surface area contributed by atoms with Crippen molar-refractivity contribution in [3.8, 4) is 0 Å². The molecule has 1 fully saturated rings. The zero-order valence-corrected chi connectivity index (χ0v) is 12.1. The fourth-order valence-electron chi connectivity index (χ4n) is 2.33. The molecule has 0 atom stereocenters. The molecule has 3 aromatic rings. The number of anilines is 1. The lowest BCUT2D eigenvalue weighted by atomic mass is 10.1. The number of halogens is 1. The average Bonchev–Trinajstić information content (AvgIpc) is 2.91. The molecule has 7 heteroatoms. The minimum atomic E-state index is 0.314. The van der Waals surface area contributed by atoms with E-state index in [9.17, 15) is 0 Å². The molecule has 3 heterocycles. The van der Waals surface area contributed by atoms with Gasteiger partial charge in [-0.05, 0) is 18.2 Å². The molecular weight excluding hydrogens is 320 g/mol. The van der Waals surface area contributed by atoms with Crippen molar-refractivity contribution in [2.75, 3.05) is 18.0 Å². The largest absolute Gasteiger partial charge is 0.336 e. The Labute approximate surface area is 123 Å². The van der Waals surface area contributed by atoms with Gasteiger partial charge < -0.3 is 4.90 Å². The van der Waals surface area contributed by atoms with Crippen LogP contribution in [0.2, 0.25) is 0 Å². The van der Waals surface area contributed by atoms with Gasteiger partial charge in [-0.25, -0.2) is 9.97 Å². The van der Waals surface area contributed by atoms with E-state index in [1.165, 1.54) is 0 Å². The highest BCUT2D eigenvalue weighted by molar-refractivity contribution is 9.10. The average molecular weight is 331 g/mol. The Morgan fingerprint density at radius 3 is 2.75 bits per heavy atom. The van der Waals surface area contributed by atoms with Crippen molar-refractivity contribution in [1.82, 2.24) is 25.0 Å². The number of fused-ring (bicyclic) bond motifs is 1. The second kappa shape index (κ2) is 4.52. The summed E-state index contributed by atoms with van der Waals surface area (Å²) < 4.78 is 1.04. The van der Waals surface area contributed by atoms with Crippen LogP contribution < -0.4 is 4.90 Å². The molecule has 0 aliphatic carbocycles. The highest BCUT2D eigenvalue weighted by Gasteiger charge is 2.31. The Morgan fingerprint density at radius 2 is 1.95 bits per heavy atom. The molecule has 2 aromatic heterocycles. The van der Waals surface area contributed by atoms with Gasteiger partial charge in [-0.3, -0.25) is 0 Å². The van der Waals surface area contributed by atoms with Crippen LogP contribution in [0.15, 0.2) is 41.3 Å². The highest BCUT2D eigenvalue weighted by Crippen LogP contribution is 2.25. The topological polar surface area (TPSA) is 59.7 Å². The molecule has 1 aliphatic heterocycles. The normalized spacial score (nSPS) is 15.6. The molecule has 20 heavy (non-hydrogen) atoms. The van der Waals surface area contributed by atoms with E-state index < -0.39 is 0 Å². The summed E-state index contributed by atoms with van der Waals surface area (Å²) in [4.78, 5) is 12.9. The molecule has 0 amide bonds. The van der Waals surface area contributed by atoms with E-state index in [0.717, 1.165) is 34.4 Å². The monoisotopic (exact) mass is 330 g/mol. The van der Waals surface area contributed by atoms with Crippen LogP contribution >= 0.6 is 15.9 Å². The van der Waals surface area contributed by atoms with E-state index in [1.807, 2.05) is 24.4 Å². The molecule has 0 spiro atoms. The van der Waals surface area contributed by atoms with Crippen molar-refractivity contribution in [1.29, 1.82) is 0 Å². The van der Waals surface area contributed by atoms with Gasteiger partial charge in [0.25, 0.3) is 0 Å². The van der Waals surface area contributed by atoms with Gasteiger partial charge in [0.1, 0.15) is 6.04 Å². The molecule has 0 saturated carbocycles.